The molecule has 0 bridgehead atoms. The topological polar surface area (TPSA) is 62.0 Å². The van der Waals surface area contributed by atoms with Crippen molar-refractivity contribution >= 4 is 11.7 Å². The maximum atomic E-state index is 13.6. The molecule has 0 spiro atoms. The Morgan fingerprint density at radius 3 is 2.48 bits per heavy atom. The predicted molar refractivity (Wildman–Crippen MR) is 110 cm³/mol. The van der Waals surface area contributed by atoms with Gasteiger partial charge in [-0.15, -0.1) is 0 Å². The van der Waals surface area contributed by atoms with E-state index < -0.39 is 0 Å². The van der Waals surface area contributed by atoms with Gasteiger partial charge in [-0.2, -0.15) is 0 Å². The lowest BCUT2D eigenvalue weighted by Crippen LogP contribution is -2.39. The van der Waals surface area contributed by atoms with Gasteiger partial charge < -0.3 is 24.0 Å². The number of piperidine rings is 1. The molecule has 1 aromatic carbocycles. The van der Waals surface area contributed by atoms with E-state index in [2.05, 4.69) is 29.1 Å². The molecule has 7 heteroatoms. The second kappa shape index (κ2) is 7.46. The molecule has 2 aromatic rings. The van der Waals surface area contributed by atoms with E-state index in [0.29, 0.717) is 42.2 Å². The molecule has 1 aromatic heterocycles. The van der Waals surface area contributed by atoms with Crippen molar-refractivity contribution < 1.29 is 14.1 Å². The van der Waals surface area contributed by atoms with Crippen LogP contribution in [0.2, 0.25) is 0 Å². The SMILES string of the molecule is CN(C)CC1[C@H]2CN(C(=O)c3c(N4CCOCC4)noc3-c3ccccc3)C[C@@H]12. The average molecular weight is 396 g/mol. The molecule has 5 rings (SSSR count). The van der Waals surface area contributed by atoms with Gasteiger partial charge in [-0.1, -0.05) is 35.5 Å². The number of likely N-dealkylation sites (tertiary alicyclic amines) is 1. The highest BCUT2D eigenvalue weighted by Gasteiger charge is 2.56. The smallest absolute Gasteiger partial charge is 0.261 e. The fraction of sp³-hybridized carbons (Fsp3) is 0.545. The molecule has 29 heavy (non-hydrogen) atoms. The zero-order chi connectivity index (χ0) is 20.0. The van der Waals surface area contributed by atoms with Crippen molar-refractivity contribution in [3.63, 3.8) is 0 Å². The van der Waals surface area contributed by atoms with Gasteiger partial charge in [-0.3, -0.25) is 4.79 Å². The standard InChI is InChI=1S/C22H28N4O3/c1-24(2)12-16-17-13-26(14-18(16)17)22(27)19-20(15-6-4-3-5-7-15)29-23-21(19)25-8-10-28-11-9-25/h3-7,16-18H,8-14H2,1-2H3/t16?,17-,18+. The number of carbonyl (C=O) groups excluding carboxylic acids is 1. The summed E-state index contributed by atoms with van der Waals surface area (Å²) in [6.07, 6.45) is 0. The summed E-state index contributed by atoms with van der Waals surface area (Å²) in [6, 6.07) is 9.81. The fourth-order valence-electron chi connectivity index (χ4n) is 4.92. The van der Waals surface area contributed by atoms with Crippen LogP contribution in [0.4, 0.5) is 5.82 Å². The molecule has 1 aliphatic carbocycles. The van der Waals surface area contributed by atoms with Crippen molar-refractivity contribution in [2.75, 3.05) is 64.9 Å². The van der Waals surface area contributed by atoms with Gasteiger partial charge in [0.2, 0.25) is 0 Å². The second-order valence-electron chi connectivity index (χ2n) is 8.64. The van der Waals surface area contributed by atoms with E-state index in [1.54, 1.807) is 0 Å². The first-order valence-electron chi connectivity index (χ1n) is 10.4. The van der Waals surface area contributed by atoms with Crippen LogP contribution in [0, 0.1) is 17.8 Å². The van der Waals surface area contributed by atoms with Crippen LogP contribution < -0.4 is 4.90 Å². The minimum atomic E-state index is 0.0439. The van der Waals surface area contributed by atoms with Crippen LogP contribution in [0.5, 0.6) is 0 Å². The molecule has 3 atom stereocenters. The maximum Gasteiger partial charge on any atom is 0.261 e. The summed E-state index contributed by atoms with van der Waals surface area (Å²) in [7, 11) is 4.24. The number of amides is 1. The largest absolute Gasteiger partial charge is 0.378 e. The number of hydrogen-bond acceptors (Lipinski definition) is 6. The first-order chi connectivity index (χ1) is 14.1. The minimum absolute atomic E-state index is 0.0439. The quantitative estimate of drug-likeness (QED) is 0.771. The highest BCUT2D eigenvalue weighted by atomic mass is 16.5. The van der Waals surface area contributed by atoms with Crippen LogP contribution in [0.25, 0.3) is 11.3 Å². The Morgan fingerprint density at radius 1 is 1.14 bits per heavy atom. The molecular weight excluding hydrogens is 368 g/mol. The van der Waals surface area contributed by atoms with Gasteiger partial charge in [-0.05, 0) is 31.8 Å². The Balaban J connectivity index is 1.42. The number of nitrogens with zero attached hydrogens (tertiary/aromatic N) is 4. The highest BCUT2D eigenvalue weighted by molar-refractivity contribution is 6.04. The van der Waals surface area contributed by atoms with Crippen LogP contribution in [-0.2, 0) is 4.74 Å². The minimum Gasteiger partial charge on any atom is -0.378 e. The van der Waals surface area contributed by atoms with Crippen LogP contribution in [0.15, 0.2) is 34.9 Å². The number of ether oxygens (including phenoxy) is 1. The number of hydrogen-bond donors (Lipinski definition) is 0. The fourth-order valence-corrected chi connectivity index (χ4v) is 4.92. The third-order valence-corrected chi connectivity index (χ3v) is 6.47. The van der Waals surface area contributed by atoms with Crippen molar-refractivity contribution in [1.82, 2.24) is 15.0 Å². The highest BCUT2D eigenvalue weighted by Crippen LogP contribution is 2.52. The number of morpholine rings is 1. The van der Waals surface area contributed by atoms with E-state index >= 15 is 0 Å². The molecule has 1 unspecified atom stereocenters. The number of fused-ring (bicyclic) bond motifs is 1. The van der Waals surface area contributed by atoms with Crippen LogP contribution in [0.3, 0.4) is 0 Å². The summed E-state index contributed by atoms with van der Waals surface area (Å²) in [5.41, 5.74) is 1.49. The Morgan fingerprint density at radius 2 is 1.83 bits per heavy atom. The summed E-state index contributed by atoms with van der Waals surface area (Å²) in [4.78, 5) is 20.0. The molecule has 3 aliphatic rings. The molecule has 154 valence electrons. The molecule has 3 fully saturated rings. The molecule has 2 saturated heterocycles. The van der Waals surface area contributed by atoms with Crippen LogP contribution >= 0.6 is 0 Å². The molecule has 7 nitrogen and oxygen atoms in total. The van der Waals surface area contributed by atoms with Gasteiger partial charge in [0.05, 0.1) is 13.2 Å². The molecule has 0 radical (unpaired) electrons. The van der Waals surface area contributed by atoms with E-state index in [9.17, 15) is 4.79 Å². The van der Waals surface area contributed by atoms with Gasteiger partial charge in [0, 0.05) is 38.3 Å². The lowest BCUT2D eigenvalue weighted by atomic mass is 10.1. The van der Waals surface area contributed by atoms with Gasteiger partial charge in [0.15, 0.2) is 11.6 Å². The summed E-state index contributed by atoms with van der Waals surface area (Å²) in [5, 5.41) is 4.33. The summed E-state index contributed by atoms with van der Waals surface area (Å²) < 4.78 is 11.2. The van der Waals surface area contributed by atoms with E-state index in [0.717, 1.165) is 44.2 Å². The van der Waals surface area contributed by atoms with Gasteiger partial charge in [-0.25, -0.2) is 0 Å². The van der Waals surface area contributed by atoms with Crippen molar-refractivity contribution in [1.29, 1.82) is 0 Å². The lowest BCUT2D eigenvalue weighted by Gasteiger charge is -2.28. The summed E-state index contributed by atoms with van der Waals surface area (Å²) in [5.74, 6) is 3.26. The van der Waals surface area contributed by atoms with Gasteiger partial charge in [0.25, 0.3) is 5.91 Å². The van der Waals surface area contributed by atoms with Crippen molar-refractivity contribution in [2.45, 2.75) is 0 Å². The number of rotatable bonds is 5. The van der Waals surface area contributed by atoms with E-state index in [1.165, 1.54) is 0 Å². The first-order valence-corrected chi connectivity index (χ1v) is 10.4. The first kappa shape index (κ1) is 18.6. The summed E-state index contributed by atoms with van der Waals surface area (Å²) >= 11 is 0. The molecule has 1 amide bonds. The van der Waals surface area contributed by atoms with Gasteiger partial charge >= 0.3 is 0 Å². The van der Waals surface area contributed by atoms with E-state index in [-0.39, 0.29) is 5.91 Å². The average Bonchev–Trinajstić information content (AvgIpc) is 3.13. The second-order valence-corrected chi connectivity index (χ2v) is 8.64. The van der Waals surface area contributed by atoms with Crippen molar-refractivity contribution in [3.8, 4) is 11.3 Å². The lowest BCUT2D eigenvalue weighted by molar-refractivity contribution is 0.0765. The van der Waals surface area contributed by atoms with Crippen molar-refractivity contribution in [2.24, 2.45) is 17.8 Å². The molecule has 1 saturated carbocycles. The van der Waals surface area contributed by atoms with Gasteiger partial charge in [0.1, 0.15) is 5.56 Å². The normalized spacial score (nSPS) is 26.1. The van der Waals surface area contributed by atoms with E-state index in [1.807, 2.05) is 35.2 Å². The Labute approximate surface area is 171 Å². The number of benzene rings is 1. The maximum absolute atomic E-state index is 13.6. The predicted octanol–water partition coefficient (Wildman–Crippen LogP) is 2.06. The van der Waals surface area contributed by atoms with E-state index in [4.69, 9.17) is 9.26 Å². The Kier molecular flexibility index (Phi) is 4.80. The zero-order valence-electron chi connectivity index (χ0n) is 17.1. The molecule has 3 heterocycles. The monoisotopic (exact) mass is 396 g/mol. The van der Waals surface area contributed by atoms with Crippen LogP contribution in [0.1, 0.15) is 10.4 Å². The van der Waals surface area contributed by atoms with Crippen LogP contribution in [-0.4, -0.2) is 80.9 Å². The zero-order valence-corrected chi connectivity index (χ0v) is 17.1. The summed E-state index contributed by atoms with van der Waals surface area (Å²) in [6.45, 7) is 5.50. The Bertz CT molecular complexity index is 863. The number of carbonyl (C=O) groups is 1. The molecular formula is C22H28N4O3. The molecule has 0 N–H and O–H groups in total. The van der Waals surface area contributed by atoms with Crippen molar-refractivity contribution in [3.05, 3.63) is 35.9 Å². The molecule has 2 aliphatic heterocycles. The third-order valence-electron chi connectivity index (χ3n) is 6.47. The third kappa shape index (κ3) is 3.42. The Hall–Kier alpha value is -2.38. The number of aromatic nitrogens is 1. The number of anilines is 1.